The van der Waals surface area contributed by atoms with Gasteiger partial charge in [-0.2, -0.15) is 5.26 Å². The van der Waals surface area contributed by atoms with Gasteiger partial charge in [0.1, 0.15) is 5.15 Å². The molecule has 1 aliphatic rings. The second-order valence-corrected chi connectivity index (χ2v) is 3.94. The predicted octanol–water partition coefficient (Wildman–Crippen LogP) is 0.854. The van der Waals surface area contributed by atoms with Gasteiger partial charge in [0.2, 0.25) is 0 Å². The van der Waals surface area contributed by atoms with Crippen molar-refractivity contribution in [2.45, 2.75) is 12.6 Å². The minimum absolute atomic E-state index is 0.339. The van der Waals surface area contributed by atoms with Gasteiger partial charge in [-0.15, -0.1) is 0 Å². The van der Waals surface area contributed by atoms with E-state index >= 15 is 0 Å². The summed E-state index contributed by atoms with van der Waals surface area (Å²) in [5.41, 5.74) is 0.850. The maximum atomic E-state index is 8.76. The Morgan fingerprint density at radius 3 is 3.12 bits per heavy atom. The molecule has 0 N–H and O–H groups in total. The van der Waals surface area contributed by atoms with Crippen molar-refractivity contribution in [2.24, 2.45) is 0 Å². The smallest absolute Gasteiger partial charge is 0.156 e. The Hall–Kier alpha value is -1.22. The molecule has 6 heteroatoms. The first kappa shape index (κ1) is 11.3. The first-order valence-corrected chi connectivity index (χ1v) is 5.36. The standard InChI is InChI=1S/C10H11ClN4O/c11-10-5-13-8(4-14-10)6-15-1-2-16-9(3-12)7-15/h4-5,9H,1-2,6-7H2. The quantitative estimate of drug-likeness (QED) is 0.765. The van der Waals surface area contributed by atoms with Crippen LogP contribution in [0.1, 0.15) is 5.69 Å². The highest BCUT2D eigenvalue weighted by Crippen LogP contribution is 2.09. The Morgan fingerprint density at radius 2 is 2.44 bits per heavy atom. The van der Waals surface area contributed by atoms with E-state index in [4.69, 9.17) is 21.6 Å². The summed E-state index contributed by atoms with van der Waals surface area (Å²) in [6, 6.07) is 2.11. The highest BCUT2D eigenvalue weighted by atomic mass is 35.5. The monoisotopic (exact) mass is 238 g/mol. The normalized spacial score (nSPS) is 21.6. The van der Waals surface area contributed by atoms with Crippen molar-refractivity contribution >= 4 is 11.6 Å². The number of nitrogens with zero attached hydrogens (tertiary/aromatic N) is 4. The van der Waals surface area contributed by atoms with Crippen LogP contribution in [0.2, 0.25) is 5.15 Å². The van der Waals surface area contributed by atoms with Crippen LogP contribution in [-0.4, -0.2) is 40.7 Å². The molecular weight excluding hydrogens is 228 g/mol. The Kier molecular flexibility index (Phi) is 3.67. The van der Waals surface area contributed by atoms with E-state index in [0.717, 1.165) is 12.2 Å². The summed E-state index contributed by atoms with van der Waals surface area (Å²) in [4.78, 5) is 10.2. The minimum atomic E-state index is -0.339. The maximum Gasteiger partial charge on any atom is 0.156 e. The molecule has 1 atom stereocenters. The Labute approximate surface area is 98.6 Å². The lowest BCUT2D eigenvalue weighted by Crippen LogP contribution is -2.41. The van der Waals surface area contributed by atoms with E-state index in [1.54, 1.807) is 6.20 Å². The molecule has 0 aromatic carbocycles. The Morgan fingerprint density at radius 1 is 1.56 bits per heavy atom. The van der Waals surface area contributed by atoms with Crippen molar-refractivity contribution in [1.82, 2.24) is 14.9 Å². The number of hydrogen-bond acceptors (Lipinski definition) is 5. The van der Waals surface area contributed by atoms with Crippen molar-refractivity contribution in [3.63, 3.8) is 0 Å². The zero-order valence-electron chi connectivity index (χ0n) is 8.64. The average Bonchev–Trinajstić information content (AvgIpc) is 2.32. The number of halogens is 1. The highest BCUT2D eigenvalue weighted by Gasteiger charge is 2.20. The zero-order chi connectivity index (χ0) is 11.4. The fraction of sp³-hybridized carbons (Fsp3) is 0.500. The number of aromatic nitrogens is 2. The van der Waals surface area contributed by atoms with Crippen molar-refractivity contribution in [2.75, 3.05) is 19.7 Å². The molecule has 2 rings (SSSR count). The lowest BCUT2D eigenvalue weighted by molar-refractivity contribution is -0.00315. The van der Waals surface area contributed by atoms with Crippen LogP contribution in [0.3, 0.4) is 0 Å². The predicted molar refractivity (Wildman–Crippen MR) is 57.7 cm³/mol. The number of ether oxygens (including phenoxy) is 1. The van der Waals surface area contributed by atoms with Crippen molar-refractivity contribution < 1.29 is 4.74 Å². The molecule has 0 saturated carbocycles. The van der Waals surface area contributed by atoms with Gasteiger partial charge in [0, 0.05) is 19.6 Å². The summed E-state index contributed by atoms with van der Waals surface area (Å²) in [6.07, 6.45) is 2.84. The molecule has 84 valence electrons. The van der Waals surface area contributed by atoms with Crippen LogP contribution < -0.4 is 0 Å². The molecule has 5 nitrogen and oxygen atoms in total. The maximum absolute atomic E-state index is 8.76. The largest absolute Gasteiger partial charge is 0.361 e. The van der Waals surface area contributed by atoms with Crippen LogP contribution in [0.5, 0.6) is 0 Å². The van der Waals surface area contributed by atoms with Gasteiger partial charge >= 0.3 is 0 Å². The van der Waals surface area contributed by atoms with Gasteiger partial charge in [-0.3, -0.25) is 9.88 Å². The summed E-state index contributed by atoms with van der Waals surface area (Å²) in [7, 11) is 0. The minimum Gasteiger partial charge on any atom is -0.361 e. The molecule has 0 amide bonds. The van der Waals surface area contributed by atoms with Gasteiger partial charge < -0.3 is 4.74 Å². The molecule has 1 aromatic rings. The number of morpholine rings is 1. The molecular formula is C10H11ClN4O. The van der Waals surface area contributed by atoms with Crippen LogP contribution >= 0.6 is 11.6 Å². The van der Waals surface area contributed by atoms with Crippen LogP contribution in [-0.2, 0) is 11.3 Å². The number of rotatable bonds is 2. The van der Waals surface area contributed by atoms with Gasteiger partial charge in [0.15, 0.2) is 6.10 Å². The van der Waals surface area contributed by atoms with E-state index in [1.165, 1.54) is 6.20 Å². The highest BCUT2D eigenvalue weighted by molar-refractivity contribution is 6.29. The van der Waals surface area contributed by atoms with Crippen LogP contribution in [0, 0.1) is 11.3 Å². The molecule has 1 unspecified atom stereocenters. The summed E-state index contributed by atoms with van der Waals surface area (Å²) in [5.74, 6) is 0. The van der Waals surface area contributed by atoms with Gasteiger partial charge in [-0.1, -0.05) is 11.6 Å². The number of hydrogen-bond donors (Lipinski definition) is 0. The molecule has 0 radical (unpaired) electrons. The molecule has 0 spiro atoms. The van der Waals surface area contributed by atoms with Gasteiger partial charge in [-0.25, -0.2) is 4.98 Å². The second-order valence-electron chi connectivity index (χ2n) is 3.55. The molecule has 2 heterocycles. The molecule has 1 fully saturated rings. The molecule has 1 aromatic heterocycles. The van der Waals surface area contributed by atoms with Crippen LogP contribution in [0.4, 0.5) is 0 Å². The lowest BCUT2D eigenvalue weighted by Gasteiger charge is -2.29. The third-order valence-electron chi connectivity index (χ3n) is 2.35. The van der Waals surface area contributed by atoms with Crippen molar-refractivity contribution in [3.05, 3.63) is 23.2 Å². The fourth-order valence-corrected chi connectivity index (χ4v) is 1.67. The van der Waals surface area contributed by atoms with Gasteiger partial charge in [-0.05, 0) is 0 Å². The molecule has 0 aliphatic carbocycles. The van der Waals surface area contributed by atoms with E-state index in [1.807, 2.05) is 0 Å². The Balaban J connectivity index is 1.94. The third-order valence-corrected chi connectivity index (χ3v) is 2.55. The topological polar surface area (TPSA) is 62.0 Å². The van der Waals surface area contributed by atoms with E-state index in [2.05, 4.69) is 20.9 Å². The fourth-order valence-electron chi connectivity index (χ4n) is 1.57. The van der Waals surface area contributed by atoms with Crippen molar-refractivity contribution in [1.29, 1.82) is 5.26 Å². The van der Waals surface area contributed by atoms with Crippen LogP contribution in [0.25, 0.3) is 0 Å². The van der Waals surface area contributed by atoms with E-state index in [-0.39, 0.29) is 6.10 Å². The van der Waals surface area contributed by atoms with Crippen molar-refractivity contribution in [3.8, 4) is 6.07 Å². The molecule has 1 aliphatic heterocycles. The summed E-state index contributed by atoms with van der Waals surface area (Å²) in [5, 5.41) is 9.15. The lowest BCUT2D eigenvalue weighted by atomic mass is 10.3. The average molecular weight is 239 g/mol. The first-order chi connectivity index (χ1) is 7.78. The molecule has 1 saturated heterocycles. The van der Waals surface area contributed by atoms with E-state index in [9.17, 15) is 0 Å². The SMILES string of the molecule is N#CC1CN(Cc2cnc(Cl)cn2)CCO1. The Bertz CT molecular complexity index is 389. The molecule has 0 bridgehead atoms. The summed E-state index contributed by atoms with van der Waals surface area (Å²) in [6.45, 7) is 2.67. The van der Waals surface area contributed by atoms with Gasteiger partial charge in [0.25, 0.3) is 0 Å². The zero-order valence-corrected chi connectivity index (χ0v) is 9.39. The van der Waals surface area contributed by atoms with E-state index < -0.39 is 0 Å². The third kappa shape index (κ3) is 2.89. The first-order valence-electron chi connectivity index (χ1n) is 4.98. The summed E-state index contributed by atoms with van der Waals surface area (Å²) < 4.78 is 5.25. The summed E-state index contributed by atoms with van der Waals surface area (Å²) >= 11 is 5.65. The van der Waals surface area contributed by atoms with Crippen LogP contribution in [0.15, 0.2) is 12.4 Å². The number of nitriles is 1. The molecule has 16 heavy (non-hydrogen) atoms. The second kappa shape index (κ2) is 5.21. The van der Waals surface area contributed by atoms with E-state index in [0.29, 0.717) is 24.8 Å². The van der Waals surface area contributed by atoms with Gasteiger partial charge in [0.05, 0.1) is 30.8 Å².